The minimum atomic E-state index is -0.133. The molecule has 0 saturated heterocycles. The summed E-state index contributed by atoms with van der Waals surface area (Å²) in [6.07, 6.45) is 1.76. The van der Waals surface area contributed by atoms with E-state index in [1.54, 1.807) is 17.5 Å². The Bertz CT molecular complexity index is 1320. The summed E-state index contributed by atoms with van der Waals surface area (Å²) in [5, 5.41) is 4.35. The third-order valence-corrected chi connectivity index (χ3v) is 7.44. The van der Waals surface area contributed by atoms with Crippen molar-refractivity contribution in [3.8, 4) is 22.1 Å². The van der Waals surface area contributed by atoms with Crippen molar-refractivity contribution in [3.63, 3.8) is 0 Å². The molecule has 2 heterocycles. The number of anilines is 2. The molecule has 0 aliphatic carbocycles. The van der Waals surface area contributed by atoms with Crippen LogP contribution in [-0.2, 0) is 10.8 Å². The van der Waals surface area contributed by atoms with E-state index in [4.69, 9.17) is 9.72 Å². The molecule has 6 heteroatoms. The highest BCUT2D eigenvalue weighted by atomic mass is 32.1. The van der Waals surface area contributed by atoms with Crippen molar-refractivity contribution in [2.24, 2.45) is 0 Å². The zero-order valence-electron chi connectivity index (χ0n) is 23.0. The minimum Gasteiger partial charge on any atom is -0.437 e. The molecular weight excluding hydrogens is 476 g/mol. The maximum absolute atomic E-state index is 6.39. The maximum atomic E-state index is 6.39. The second-order valence-corrected chi connectivity index (χ2v) is 12.1. The third-order valence-electron chi connectivity index (χ3n) is 6.42. The molecule has 2 aromatic heterocycles. The third kappa shape index (κ3) is 6.38. The average Bonchev–Trinajstić information content (AvgIpc) is 3.30. The summed E-state index contributed by atoms with van der Waals surface area (Å²) >= 11 is 1.67. The van der Waals surface area contributed by atoms with Crippen LogP contribution in [0.5, 0.6) is 11.6 Å². The number of aromatic nitrogens is 2. The first-order valence-electron chi connectivity index (χ1n) is 12.8. The van der Waals surface area contributed by atoms with Crippen molar-refractivity contribution in [1.82, 2.24) is 14.9 Å². The number of nitrogens with zero attached hydrogens (tertiary/aromatic N) is 3. The normalized spacial score (nSPS) is 12.1. The van der Waals surface area contributed by atoms with Gasteiger partial charge in [0.15, 0.2) is 5.13 Å². The number of pyridine rings is 1. The van der Waals surface area contributed by atoms with Crippen LogP contribution in [-0.4, -0.2) is 35.0 Å². The van der Waals surface area contributed by atoms with Crippen LogP contribution in [0, 0.1) is 0 Å². The molecule has 4 rings (SSSR count). The van der Waals surface area contributed by atoms with Crippen molar-refractivity contribution in [2.75, 3.05) is 25.5 Å². The maximum Gasteiger partial charge on any atom is 0.243 e. The van der Waals surface area contributed by atoms with Crippen LogP contribution < -0.4 is 10.1 Å². The lowest BCUT2D eigenvalue weighted by Crippen LogP contribution is -2.35. The van der Waals surface area contributed by atoms with E-state index in [9.17, 15) is 0 Å². The lowest BCUT2D eigenvalue weighted by molar-refractivity contribution is 0.277. The fraction of sp³-hybridized carbons (Fsp3) is 0.355. The molecule has 0 fully saturated rings. The number of ether oxygens (including phenoxy) is 1. The number of benzene rings is 2. The summed E-state index contributed by atoms with van der Waals surface area (Å²) in [6, 6.07) is 22.6. The number of thiazole rings is 1. The Kier molecular flexibility index (Phi) is 8.00. The Hall–Kier alpha value is -3.22. The first kappa shape index (κ1) is 26.8. The van der Waals surface area contributed by atoms with Crippen LogP contribution in [0.4, 0.5) is 10.8 Å². The Morgan fingerprint density at radius 3 is 2.32 bits per heavy atom. The van der Waals surface area contributed by atoms with Gasteiger partial charge in [-0.25, -0.2) is 9.97 Å². The quantitative estimate of drug-likeness (QED) is 0.244. The van der Waals surface area contributed by atoms with Crippen LogP contribution in [0.25, 0.3) is 10.4 Å². The predicted octanol–water partition coefficient (Wildman–Crippen LogP) is 8.27. The van der Waals surface area contributed by atoms with Gasteiger partial charge in [-0.2, -0.15) is 0 Å². The summed E-state index contributed by atoms with van der Waals surface area (Å²) in [5.41, 5.74) is 4.01. The van der Waals surface area contributed by atoms with Crippen LogP contribution in [0.15, 0.2) is 72.9 Å². The Balaban J connectivity index is 1.71. The molecule has 2 aromatic carbocycles. The van der Waals surface area contributed by atoms with E-state index in [0.717, 1.165) is 40.9 Å². The second kappa shape index (κ2) is 11.0. The minimum absolute atomic E-state index is 0.0506. The molecule has 0 spiro atoms. The second-order valence-electron chi connectivity index (χ2n) is 11.1. The fourth-order valence-corrected chi connectivity index (χ4v) is 5.60. The number of hydrogen-bond donors (Lipinski definition) is 1. The molecule has 1 N–H and O–H groups in total. The molecule has 194 valence electrons. The Morgan fingerprint density at radius 1 is 0.919 bits per heavy atom. The number of likely N-dealkylation sites (N-methyl/N-ethyl adjacent to an activating group) is 1. The number of para-hydroxylation sites is 1. The molecule has 0 bridgehead atoms. The van der Waals surface area contributed by atoms with E-state index < -0.39 is 0 Å². The summed E-state index contributed by atoms with van der Waals surface area (Å²) in [6.45, 7) is 15.2. The molecule has 0 atom stereocenters. The summed E-state index contributed by atoms with van der Waals surface area (Å²) < 4.78 is 6.39. The van der Waals surface area contributed by atoms with E-state index in [-0.39, 0.29) is 10.8 Å². The molecule has 0 radical (unpaired) electrons. The standard InChI is InChI=1S/C31H38N4OS/c1-8-35(7)21-31(5,6)27-26(22-15-10-9-11-16-22)37-29(34-27)33-24-18-14-20-32-28(24)36-25-19-13-12-17-23(25)30(2,3)4/h9-20H,8,21H2,1-7H3,(H,33,34). The predicted molar refractivity (Wildman–Crippen MR) is 156 cm³/mol. The van der Waals surface area contributed by atoms with Crippen molar-refractivity contribution >= 4 is 22.2 Å². The summed E-state index contributed by atoms with van der Waals surface area (Å²) in [7, 11) is 2.16. The molecule has 0 amide bonds. The van der Waals surface area contributed by atoms with Gasteiger partial charge in [0.2, 0.25) is 5.88 Å². The first-order chi connectivity index (χ1) is 17.6. The van der Waals surface area contributed by atoms with Crippen LogP contribution >= 0.6 is 11.3 Å². The zero-order valence-corrected chi connectivity index (χ0v) is 23.8. The van der Waals surface area contributed by atoms with E-state index in [0.29, 0.717) is 5.88 Å². The molecular formula is C31H38N4OS. The van der Waals surface area contributed by atoms with Gasteiger partial charge < -0.3 is 15.0 Å². The summed E-state index contributed by atoms with van der Waals surface area (Å²) in [4.78, 5) is 13.2. The van der Waals surface area contributed by atoms with E-state index in [1.807, 2.05) is 36.4 Å². The SMILES string of the molecule is CCN(C)CC(C)(C)c1nc(Nc2cccnc2Oc2ccccc2C(C)(C)C)sc1-c1ccccc1. The Labute approximate surface area is 225 Å². The van der Waals surface area contributed by atoms with Gasteiger partial charge in [-0.15, -0.1) is 0 Å². The first-order valence-corrected chi connectivity index (χ1v) is 13.6. The number of rotatable bonds is 9. The number of nitrogens with one attached hydrogen (secondary N) is 1. The molecule has 0 saturated carbocycles. The average molecular weight is 515 g/mol. The molecule has 5 nitrogen and oxygen atoms in total. The van der Waals surface area contributed by atoms with Gasteiger partial charge >= 0.3 is 0 Å². The molecule has 0 unspecified atom stereocenters. The van der Waals surface area contributed by atoms with Crippen molar-refractivity contribution in [1.29, 1.82) is 0 Å². The molecule has 0 aliphatic heterocycles. The van der Waals surface area contributed by atoms with Gasteiger partial charge in [0.05, 0.1) is 10.6 Å². The van der Waals surface area contributed by atoms with Crippen LogP contribution in [0.2, 0.25) is 0 Å². The monoisotopic (exact) mass is 514 g/mol. The van der Waals surface area contributed by atoms with E-state index >= 15 is 0 Å². The molecule has 37 heavy (non-hydrogen) atoms. The summed E-state index contributed by atoms with van der Waals surface area (Å²) in [5.74, 6) is 1.34. The highest BCUT2D eigenvalue weighted by Gasteiger charge is 2.30. The van der Waals surface area contributed by atoms with Gasteiger partial charge in [-0.05, 0) is 42.8 Å². The van der Waals surface area contributed by atoms with Crippen molar-refractivity contribution in [3.05, 3.63) is 84.2 Å². The smallest absolute Gasteiger partial charge is 0.243 e. The lowest BCUT2D eigenvalue weighted by Gasteiger charge is -2.29. The van der Waals surface area contributed by atoms with Gasteiger partial charge in [-0.1, -0.05) is 101 Å². The van der Waals surface area contributed by atoms with Gasteiger partial charge in [0.25, 0.3) is 0 Å². The largest absolute Gasteiger partial charge is 0.437 e. The highest BCUT2D eigenvalue weighted by Crippen LogP contribution is 2.42. The van der Waals surface area contributed by atoms with Gasteiger partial charge in [0, 0.05) is 23.7 Å². The van der Waals surface area contributed by atoms with E-state index in [2.05, 4.69) is 94.1 Å². The van der Waals surface area contributed by atoms with Crippen LogP contribution in [0.1, 0.15) is 52.8 Å². The Morgan fingerprint density at radius 2 is 1.62 bits per heavy atom. The molecule has 0 aliphatic rings. The van der Waals surface area contributed by atoms with E-state index in [1.165, 1.54) is 10.4 Å². The van der Waals surface area contributed by atoms with Crippen molar-refractivity contribution in [2.45, 2.75) is 52.4 Å². The zero-order chi connectivity index (χ0) is 26.6. The van der Waals surface area contributed by atoms with Gasteiger partial charge in [0.1, 0.15) is 11.4 Å². The number of hydrogen-bond acceptors (Lipinski definition) is 6. The highest BCUT2D eigenvalue weighted by molar-refractivity contribution is 7.19. The van der Waals surface area contributed by atoms with Crippen molar-refractivity contribution < 1.29 is 4.74 Å². The molecule has 4 aromatic rings. The fourth-order valence-electron chi connectivity index (χ4n) is 4.44. The van der Waals surface area contributed by atoms with Crippen LogP contribution in [0.3, 0.4) is 0 Å². The lowest BCUT2D eigenvalue weighted by atomic mass is 9.86. The topological polar surface area (TPSA) is 50.3 Å². The van der Waals surface area contributed by atoms with Gasteiger partial charge in [-0.3, -0.25) is 0 Å².